The Balaban J connectivity index is 0.000000400. The molecule has 2 atom stereocenters. The largest absolute Gasteiger partial charge is 0.264 e. The van der Waals surface area contributed by atoms with Crippen LogP contribution in [-0.4, -0.2) is 10.7 Å². The van der Waals surface area contributed by atoms with E-state index in [2.05, 4.69) is 182 Å². The van der Waals surface area contributed by atoms with Crippen LogP contribution in [0.2, 0.25) is 0 Å². The first kappa shape index (κ1) is 44.5. The summed E-state index contributed by atoms with van der Waals surface area (Å²) >= 11 is 0. The van der Waals surface area contributed by atoms with Crippen LogP contribution >= 0.6 is 0 Å². The number of hydrogen-bond acceptors (Lipinski definition) is 2. The number of nitrogens with zero attached hydrogens (tertiary/aromatic N) is 2. The third-order valence-electron chi connectivity index (χ3n) is 11.6. The van der Waals surface area contributed by atoms with E-state index in [1.165, 1.54) is 64.1 Å². The molecule has 0 spiro atoms. The fourth-order valence-electron chi connectivity index (χ4n) is 8.11. The highest BCUT2D eigenvalue weighted by Crippen LogP contribution is 2.33. The van der Waals surface area contributed by atoms with Crippen LogP contribution in [0.25, 0.3) is 50.8 Å². The monoisotopic (exact) mass is 779 g/mol. The van der Waals surface area contributed by atoms with Crippen LogP contribution in [0.15, 0.2) is 140 Å². The summed E-state index contributed by atoms with van der Waals surface area (Å²) in [5.41, 5.74) is 14.6. The molecule has 1 heterocycles. The number of hydrogen-bond donors (Lipinski definition) is 0. The summed E-state index contributed by atoms with van der Waals surface area (Å²) in [4.78, 5) is 9.83. The summed E-state index contributed by atoms with van der Waals surface area (Å²) in [5.74, 6) is 1.06. The van der Waals surface area contributed by atoms with Crippen LogP contribution in [0.1, 0.15) is 121 Å². The molecule has 0 amide bonds. The molecule has 304 valence electrons. The Kier molecular flexibility index (Phi) is 16.6. The zero-order valence-electron chi connectivity index (χ0n) is 37.1. The lowest BCUT2D eigenvalue weighted by Gasteiger charge is -2.18. The molecule has 0 saturated carbocycles. The van der Waals surface area contributed by atoms with E-state index in [1.807, 2.05) is 25.4 Å². The molecule has 2 nitrogen and oxygen atoms in total. The van der Waals surface area contributed by atoms with Crippen LogP contribution in [-0.2, 0) is 6.42 Å². The van der Waals surface area contributed by atoms with E-state index >= 15 is 0 Å². The Hall–Kier alpha value is -5.60. The van der Waals surface area contributed by atoms with Crippen molar-refractivity contribution in [1.82, 2.24) is 4.98 Å². The number of unbranched alkanes of at least 4 members (excludes halogenated alkanes) is 1. The molecule has 2 unspecified atom stereocenters. The Bertz CT molecular complexity index is 2480. The summed E-state index contributed by atoms with van der Waals surface area (Å²) in [6.07, 6.45) is 18.5. The van der Waals surface area contributed by atoms with E-state index in [0.717, 1.165) is 58.0 Å². The maximum Gasteiger partial charge on any atom is 0.0662 e. The van der Waals surface area contributed by atoms with Crippen LogP contribution in [0.5, 0.6) is 0 Å². The molecule has 0 aliphatic rings. The van der Waals surface area contributed by atoms with Gasteiger partial charge in [-0.1, -0.05) is 182 Å². The van der Waals surface area contributed by atoms with Gasteiger partial charge in [0.1, 0.15) is 0 Å². The van der Waals surface area contributed by atoms with Gasteiger partial charge in [0.05, 0.1) is 11.4 Å². The molecule has 2 heteroatoms. The Morgan fingerprint density at radius 1 is 0.746 bits per heavy atom. The quantitative estimate of drug-likeness (QED) is 0.0953. The normalized spacial score (nSPS) is 13.2. The van der Waals surface area contributed by atoms with Crippen LogP contribution in [0.3, 0.4) is 0 Å². The minimum atomic E-state index is 0.348. The van der Waals surface area contributed by atoms with Crippen molar-refractivity contribution in [2.45, 2.75) is 106 Å². The van der Waals surface area contributed by atoms with Gasteiger partial charge in [0.25, 0.3) is 0 Å². The molecule has 0 radical (unpaired) electrons. The molecular formula is C57H66N2. The Morgan fingerprint density at radius 3 is 2.00 bits per heavy atom. The lowest BCUT2D eigenvalue weighted by molar-refractivity contribution is 0.667. The van der Waals surface area contributed by atoms with Gasteiger partial charge in [-0.05, 0) is 136 Å². The lowest BCUT2D eigenvalue weighted by Crippen LogP contribution is -2.29. The first-order chi connectivity index (χ1) is 28.7. The van der Waals surface area contributed by atoms with Crippen molar-refractivity contribution in [3.05, 3.63) is 173 Å². The molecule has 59 heavy (non-hydrogen) atoms. The molecule has 0 saturated heterocycles. The fourth-order valence-corrected chi connectivity index (χ4v) is 8.11. The van der Waals surface area contributed by atoms with Gasteiger partial charge in [-0.25, -0.2) is 0 Å². The van der Waals surface area contributed by atoms with Crippen LogP contribution < -0.4 is 10.4 Å². The van der Waals surface area contributed by atoms with Crippen molar-refractivity contribution in [2.75, 3.05) is 0 Å². The average molecular weight is 779 g/mol. The van der Waals surface area contributed by atoms with Crippen molar-refractivity contribution in [2.24, 2.45) is 10.9 Å². The minimum Gasteiger partial charge on any atom is -0.264 e. The maximum absolute atomic E-state index is 5.23. The Labute approximate surface area is 355 Å². The molecule has 6 aromatic rings. The SMILES string of the molecule is C=C/C=c1/c(-c2ccc(C(=C)C)cc2)c2cnccc2c(-c2ccc(C(=Nc3ccccc3C)C(C)CCC)cc2)/c1=C/CC.CCCCc1ccccc1C(C)CC. The molecule has 0 N–H and O–H groups in total. The van der Waals surface area contributed by atoms with Gasteiger partial charge in [-0.2, -0.15) is 0 Å². The van der Waals surface area contributed by atoms with Crippen molar-refractivity contribution >= 4 is 39.9 Å². The van der Waals surface area contributed by atoms with Gasteiger partial charge in [0.2, 0.25) is 0 Å². The van der Waals surface area contributed by atoms with Gasteiger partial charge in [-0.3, -0.25) is 9.98 Å². The summed E-state index contributed by atoms with van der Waals surface area (Å²) in [5, 5.41) is 4.69. The first-order valence-corrected chi connectivity index (χ1v) is 22.0. The number of benzene rings is 5. The molecule has 0 aliphatic carbocycles. The molecule has 1 aromatic heterocycles. The maximum atomic E-state index is 5.23. The van der Waals surface area contributed by atoms with Gasteiger partial charge in [-0.15, -0.1) is 0 Å². The molecular weight excluding hydrogens is 713 g/mol. The average Bonchev–Trinajstić information content (AvgIpc) is 3.26. The second-order valence-corrected chi connectivity index (χ2v) is 16.0. The van der Waals surface area contributed by atoms with Gasteiger partial charge >= 0.3 is 0 Å². The van der Waals surface area contributed by atoms with Crippen molar-refractivity contribution in [1.29, 1.82) is 0 Å². The number of aliphatic imine (C=N–C) groups is 1. The van der Waals surface area contributed by atoms with E-state index in [1.54, 1.807) is 11.1 Å². The van der Waals surface area contributed by atoms with E-state index in [0.29, 0.717) is 11.8 Å². The van der Waals surface area contributed by atoms with Crippen molar-refractivity contribution in [3.63, 3.8) is 0 Å². The zero-order chi connectivity index (χ0) is 42.3. The van der Waals surface area contributed by atoms with E-state index < -0.39 is 0 Å². The molecule has 0 fully saturated rings. The number of fused-ring (bicyclic) bond motifs is 1. The highest BCUT2D eigenvalue weighted by Gasteiger charge is 2.18. The van der Waals surface area contributed by atoms with E-state index in [9.17, 15) is 0 Å². The van der Waals surface area contributed by atoms with E-state index in [-0.39, 0.29) is 0 Å². The lowest BCUT2D eigenvalue weighted by atomic mass is 9.87. The standard InChI is InChI=1S/C43H44N2.C14H22/c1-8-13-31(7)43(45-40-17-12-11-16-30(40)6)35-24-22-33(23-25-35)41-36(14-9-2)37(15-10-3)42(39-28-44-27-26-38(39)41)34-20-18-32(19-21-34)29(4)5;1-4-6-9-13-10-7-8-11-14(13)12(3)5-2/h10-12,14-28,31H,3-4,8-9,13H2,1-2,5-7H3;7-8,10-12H,4-6,9H2,1-3H3/b36-14+,37-15+,45-43?;. The predicted octanol–water partition coefficient (Wildman–Crippen LogP) is 15.2. The smallest absolute Gasteiger partial charge is 0.0662 e. The zero-order valence-corrected chi connectivity index (χ0v) is 37.1. The van der Waals surface area contributed by atoms with Gasteiger partial charge in [0.15, 0.2) is 0 Å². The van der Waals surface area contributed by atoms with Gasteiger partial charge in [0, 0.05) is 17.8 Å². The fraction of sp³-hybridized carbons (Fsp3) is 0.298. The summed E-state index contributed by atoms with van der Waals surface area (Å²) in [6.45, 7) is 26.0. The number of aryl methyl sites for hydroxylation is 2. The Morgan fingerprint density at radius 2 is 1.39 bits per heavy atom. The molecule has 6 rings (SSSR count). The summed E-state index contributed by atoms with van der Waals surface area (Å²) < 4.78 is 0. The predicted molar refractivity (Wildman–Crippen MR) is 261 cm³/mol. The van der Waals surface area contributed by atoms with Crippen LogP contribution in [0, 0.1) is 12.8 Å². The number of rotatable bonds is 15. The summed E-state index contributed by atoms with van der Waals surface area (Å²) in [7, 11) is 0. The minimum absolute atomic E-state index is 0.348. The number of pyridine rings is 1. The third kappa shape index (κ3) is 10.9. The highest BCUT2D eigenvalue weighted by molar-refractivity contribution is 6.07. The topological polar surface area (TPSA) is 25.2 Å². The number of para-hydroxylation sites is 1. The van der Waals surface area contributed by atoms with Crippen LogP contribution in [0.4, 0.5) is 5.69 Å². The molecule has 0 bridgehead atoms. The van der Waals surface area contributed by atoms with Gasteiger partial charge < -0.3 is 0 Å². The first-order valence-electron chi connectivity index (χ1n) is 22.0. The summed E-state index contributed by atoms with van der Waals surface area (Å²) in [6, 6.07) is 37.2. The van der Waals surface area contributed by atoms with E-state index in [4.69, 9.17) is 4.99 Å². The second-order valence-electron chi connectivity index (χ2n) is 16.0. The third-order valence-corrected chi connectivity index (χ3v) is 11.6. The molecule has 0 aliphatic heterocycles. The number of allylic oxidation sites excluding steroid dienone is 2. The second kappa shape index (κ2) is 22.0. The van der Waals surface area contributed by atoms with Crippen molar-refractivity contribution < 1.29 is 0 Å². The highest BCUT2D eigenvalue weighted by atomic mass is 14.8. The van der Waals surface area contributed by atoms with Crippen molar-refractivity contribution in [3.8, 4) is 22.3 Å². The molecule has 5 aromatic carbocycles. The number of aromatic nitrogens is 1.